The highest BCUT2D eigenvalue weighted by atomic mass is 32.1. The SMILES string of the molecule is C[C@H]1CCCCN1C(=O)Nc1ccc2sncc2c1. The van der Waals surface area contributed by atoms with Gasteiger partial charge in [0.1, 0.15) is 0 Å². The smallest absolute Gasteiger partial charge is 0.322 e. The van der Waals surface area contributed by atoms with Crippen molar-refractivity contribution < 1.29 is 4.79 Å². The fourth-order valence-electron chi connectivity index (χ4n) is 2.55. The van der Waals surface area contributed by atoms with Gasteiger partial charge in [-0.25, -0.2) is 4.79 Å². The van der Waals surface area contributed by atoms with Gasteiger partial charge in [0.25, 0.3) is 0 Å². The third kappa shape index (κ3) is 2.56. The molecule has 5 heteroatoms. The van der Waals surface area contributed by atoms with Crippen LogP contribution in [0.25, 0.3) is 10.1 Å². The largest absolute Gasteiger partial charge is 0.322 e. The first-order valence-electron chi connectivity index (χ1n) is 6.66. The normalized spacial score (nSPS) is 19.6. The van der Waals surface area contributed by atoms with Gasteiger partial charge in [-0.3, -0.25) is 0 Å². The molecule has 0 aliphatic carbocycles. The van der Waals surface area contributed by atoms with Crippen LogP contribution in [0, 0.1) is 0 Å². The number of carbonyl (C=O) groups is 1. The average molecular weight is 275 g/mol. The number of fused-ring (bicyclic) bond motifs is 1. The van der Waals surface area contributed by atoms with Gasteiger partial charge in [0.15, 0.2) is 0 Å². The topological polar surface area (TPSA) is 45.2 Å². The second-order valence-electron chi connectivity index (χ2n) is 5.05. The zero-order valence-corrected chi connectivity index (χ0v) is 11.7. The van der Waals surface area contributed by atoms with E-state index in [1.807, 2.05) is 29.3 Å². The lowest BCUT2D eigenvalue weighted by molar-refractivity contribution is 0.170. The Labute approximate surface area is 116 Å². The summed E-state index contributed by atoms with van der Waals surface area (Å²) in [5.41, 5.74) is 0.843. The molecule has 1 aliphatic heterocycles. The molecule has 2 heterocycles. The van der Waals surface area contributed by atoms with E-state index in [9.17, 15) is 4.79 Å². The molecule has 0 radical (unpaired) electrons. The van der Waals surface area contributed by atoms with Gasteiger partial charge >= 0.3 is 6.03 Å². The standard InChI is InChI=1S/C14H17N3OS/c1-10-4-2-3-7-17(10)14(18)16-12-5-6-13-11(8-12)9-15-19-13/h5-6,8-10H,2-4,7H2,1H3,(H,16,18)/t10-/m0/s1. The first-order chi connectivity index (χ1) is 9.24. The Balaban J connectivity index is 1.74. The zero-order valence-electron chi connectivity index (χ0n) is 10.9. The molecule has 1 N–H and O–H groups in total. The molecule has 0 bridgehead atoms. The molecule has 2 amide bonds. The molecule has 0 unspecified atom stereocenters. The van der Waals surface area contributed by atoms with Gasteiger partial charge in [-0.2, -0.15) is 4.37 Å². The van der Waals surface area contributed by atoms with Crippen molar-refractivity contribution in [1.82, 2.24) is 9.27 Å². The molecule has 2 aromatic rings. The van der Waals surface area contributed by atoms with E-state index in [1.165, 1.54) is 18.0 Å². The van der Waals surface area contributed by atoms with Crippen LogP contribution in [0.2, 0.25) is 0 Å². The van der Waals surface area contributed by atoms with E-state index >= 15 is 0 Å². The lowest BCUT2D eigenvalue weighted by Crippen LogP contribution is -2.44. The van der Waals surface area contributed by atoms with Gasteiger partial charge in [-0.1, -0.05) is 0 Å². The number of anilines is 1. The molecule has 100 valence electrons. The predicted octanol–water partition coefficient (Wildman–Crippen LogP) is 3.70. The minimum atomic E-state index is 0.00902. The molecule has 1 aromatic heterocycles. The Morgan fingerprint density at radius 3 is 3.21 bits per heavy atom. The molecule has 3 rings (SSSR count). The summed E-state index contributed by atoms with van der Waals surface area (Å²) in [7, 11) is 0. The molecule has 0 spiro atoms. The van der Waals surface area contributed by atoms with Crippen LogP contribution in [0.15, 0.2) is 24.4 Å². The van der Waals surface area contributed by atoms with Crippen LogP contribution in [0.4, 0.5) is 10.5 Å². The maximum atomic E-state index is 12.3. The Morgan fingerprint density at radius 1 is 1.47 bits per heavy atom. The van der Waals surface area contributed by atoms with Gasteiger partial charge in [0, 0.05) is 29.9 Å². The number of amides is 2. The van der Waals surface area contributed by atoms with Gasteiger partial charge in [-0.15, -0.1) is 0 Å². The van der Waals surface area contributed by atoms with Gasteiger partial charge in [0.2, 0.25) is 0 Å². The second kappa shape index (κ2) is 5.17. The van der Waals surface area contributed by atoms with E-state index in [-0.39, 0.29) is 6.03 Å². The molecule has 4 nitrogen and oxygen atoms in total. The van der Waals surface area contributed by atoms with E-state index in [0.29, 0.717) is 6.04 Å². The van der Waals surface area contributed by atoms with E-state index in [4.69, 9.17) is 0 Å². The quantitative estimate of drug-likeness (QED) is 0.862. The number of aromatic nitrogens is 1. The zero-order chi connectivity index (χ0) is 13.2. The Kier molecular flexibility index (Phi) is 3.38. The van der Waals surface area contributed by atoms with Crippen LogP contribution in [-0.4, -0.2) is 27.9 Å². The number of benzene rings is 1. The van der Waals surface area contributed by atoms with Crippen LogP contribution in [0.3, 0.4) is 0 Å². The molecule has 1 atom stereocenters. The summed E-state index contributed by atoms with van der Waals surface area (Å²) in [4.78, 5) is 14.2. The molecule has 19 heavy (non-hydrogen) atoms. The summed E-state index contributed by atoms with van der Waals surface area (Å²) in [6, 6.07) is 6.26. The first kappa shape index (κ1) is 12.4. The summed E-state index contributed by atoms with van der Waals surface area (Å²) in [5.74, 6) is 0. The minimum Gasteiger partial charge on any atom is -0.322 e. The predicted molar refractivity (Wildman–Crippen MR) is 78.7 cm³/mol. The molecule has 1 fully saturated rings. The van der Waals surface area contributed by atoms with Crippen molar-refractivity contribution in [3.63, 3.8) is 0 Å². The van der Waals surface area contributed by atoms with Crippen molar-refractivity contribution >= 4 is 33.3 Å². The highest BCUT2D eigenvalue weighted by Crippen LogP contribution is 2.23. The fraction of sp³-hybridized carbons (Fsp3) is 0.429. The van der Waals surface area contributed by atoms with Gasteiger partial charge in [0.05, 0.1) is 4.70 Å². The monoisotopic (exact) mass is 275 g/mol. The third-order valence-corrected chi connectivity index (χ3v) is 4.45. The van der Waals surface area contributed by atoms with E-state index < -0.39 is 0 Å². The third-order valence-electron chi connectivity index (χ3n) is 3.67. The number of piperidine rings is 1. The molecular weight excluding hydrogens is 258 g/mol. The highest BCUT2D eigenvalue weighted by molar-refractivity contribution is 7.13. The number of nitrogens with one attached hydrogen (secondary N) is 1. The number of hydrogen-bond donors (Lipinski definition) is 1. The lowest BCUT2D eigenvalue weighted by Gasteiger charge is -2.33. The Bertz CT molecular complexity index is 595. The van der Waals surface area contributed by atoms with Gasteiger partial charge in [-0.05, 0) is 55.9 Å². The lowest BCUT2D eigenvalue weighted by atomic mass is 10.0. The van der Waals surface area contributed by atoms with Crippen LogP contribution in [0.5, 0.6) is 0 Å². The van der Waals surface area contributed by atoms with Gasteiger partial charge < -0.3 is 10.2 Å². The van der Waals surface area contributed by atoms with Crippen molar-refractivity contribution in [1.29, 1.82) is 0 Å². The second-order valence-corrected chi connectivity index (χ2v) is 5.88. The van der Waals surface area contributed by atoms with Crippen LogP contribution in [0.1, 0.15) is 26.2 Å². The fourth-order valence-corrected chi connectivity index (χ4v) is 3.17. The Hall–Kier alpha value is -1.62. The van der Waals surface area contributed by atoms with E-state index in [0.717, 1.165) is 35.2 Å². The van der Waals surface area contributed by atoms with Crippen molar-refractivity contribution in [2.45, 2.75) is 32.2 Å². The van der Waals surface area contributed by atoms with Crippen LogP contribution >= 0.6 is 11.5 Å². The number of nitrogens with zero attached hydrogens (tertiary/aromatic N) is 2. The Morgan fingerprint density at radius 2 is 2.37 bits per heavy atom. The molecule has 1 saturated heterocycles. The van der Waals surface area contributed by atoms with Crippen LogP contribution < -0.4 is 5.32 Å². The summed E-state index contributed by atoms with van der Waals surface area (Å²) >= 11 is 1.47. The number of urea groups is 1. The van der Waals surface area contributed by atoms with Crippen molar-refractivity contribution in [2.24, 2.45) is 0 Å². The molecular formula is C14H17N3OS. The first-order valence-corrected chi connectivity index (χ1v) is 7.43. The van der Waals surface area contributed by atoms with Crippen molar-refractivity contribution in [3.05, 3.63) is 24.4 Å². The summed E-state index contributed by atoms with van der Waals surface area (Å²) < 4.78 is 5.28. The number of rotatable bonds is 1. The van der Waals surface area contributed by atoms with E-state index in [1.54, 1.807) is 0 Å². The number of carbonyl (C=O) groups excluding carboxylic acids is 1. The number of hydrogen-bond acceptors (Lipinski definition) is 3. The highest BCUT2D eigenvalue weighted by Gasteiger charge is 2.23. The summed E-state index contributed by atoms with van der Waals surface area (Å²) in [6.07, 6.45) is 5.25. The maximum absolute atomic E-state index is 12.3. The van der Waals surface area contributed by atoms with Crippen molar-refractivity contribution in [3.8, 4) is 0 Å². The van der Waals surface area contributed by atoms with E-state index in [2.05, 4.69) is 16.6 Å². The summed E-state index contributed by atoms with van der Waals surface area (Å²) in [5, 5.41) is 4.07. The average Bonchev–Trinajstić information content (AvgIpc) is 2.86. The van der Waals surface area contributed by atoms with Crippen molar-refractivity contribution in [2.75, 3.05) is 11.9 Å². The number of likely N-dealkylation sites (tertiary alicyclic amines) is 1. The maximum Gasteiger partial charge on any atom is 0.322 e. The summed E-state index contributed by atoms with van der Waals surface area (Å²) in [6.45, 7) is 2.97. The van der Waals surface area contributed by atoms with Crippen LogP contribution in [-0.2, 0) is 0 Å². The molecule has 1 aromatic carbocycles. The molecule has 1 aliphatic rings. The minimum absolute atomic E-state index is 0.00902. The molecule has 0 saturated carbocycles.